The van der Waals surface area contributed by atoms with E-state index in [9.17, 15) is 13.2 Å². The van der Waals surface area contributed by atoms with Gasteiger partial charge >= 0.3 is 6.36 Å². The third kappa shape index (κ3) is 5.24. The highest BCUT2D eigenvalue weighted by molar-refractivity contribution is 5.66. The Kier molecular flexibility index (Phi) is 6.24. The summed E-state index contributed by atoms with van der Waals surface area (Å²) in [5.74, 6) is 0.652. The van der Waals surface area contributed by atoms with Crippen molar-refractivity contribution < 1.29 is 27.4 Å². The molecule has 1 aliphatic carbocycles. The van der Waals surface area contributed by atoms with Crippen LogP contribution in [0, 0.1) is 11.8 Å². The third-order valence-corrected chi connectivity index (χ3v) is 4.98. The quantitative estimate of drug-likeness (QED) is 0.679. The monoisotopic (exact) mass is 370 g/mol. The summed E-state index contributed by atoms with van der Waals surface area (Å²) in [6.07, 6.45) is 2.32. The Morgan fingerprint density at radius 1 is 1.12 bits per heavy atom. The van der Waals surface area contributed by atoms with Crippen molar-refractivity contribution in [3.8, 4) is 5.75 Å². The highest BCUT2D eigenvalue weighted by atomic mass is 19.4. The molecule has 0 bridgehead atoms. The minimum absolute atomic E-state index is 0.136. The smallest absolute Gasteiger partial charge is 0.406 e. The Morgan fingerprint density at radius 2 is 1.81 bits per heavy atom. The second kappa shape index (κ2) is 8.44. The number of rotatable bonds is 5. The molecule has 1 unspecified atom stereocenters. The van der Waals surface area contributed by atoms with Crippen LogP contribution in [0.15, 0.2) is 30.3 Å². The maximum atomic E-state index is 12.2. The zero-order valence-electron chi connectivity index (χ0n) is 14.9. The van der Waals surface area contributed by atoms with Crippen LogP contribution in [-0.4, -0.2) is 25.9 Å². The first-order valence-electron chi connectivity index (χ1n) is 9.23. The van der Waals surface area contributed by atoms with Crippen LogP contribution in [-0.2, 0) is 9.47 Å². The van der Waals surface area contributed by atoms with E-state index < -0.39 is 6.36 Å². The molecule has 1 atom stereocenters. The zero-order chi connectivity index (χ0) is 18.6. The molecule has 0 aromatic heterocycles. The predicted molar refractivity (Wildman–Crippen MR) is 92.5 cm³/mol. The number of hydrogen-bond donors (Lipinski definition) is 0. The molecule has 0 spiro atoms. The van der Waals surface area contributed by atoms with Gasteiger partial charge in [-0.25, -0.2) is 0 Å². The van der Waals surface area contributed by atoms with Gasteiger partial charge in [-0.15, -0.1) is 13.2 Å². The van der Waals surface area contributed by atoms with Crippen molar-refractivity contribution in [2.45, 2.75) is 51.7 Å². The standard InChI is InChI=1S/C20H25F3O3/c1-2-3-14-12-24-19(25-13-14)17-6-4-15(5-7-17)16-8-10-18(11-9-16)26-20(21,22)23/h4,8-11,14,17,19H,2-3,5-7,12-13H2,1H3. The van der Waals surface area contributed by atoms with Gasteiger partial charge in [0.15, 0.2) is 6.29 Å². The van der Waals surface area contributed by atoms with Crippen LogP contribution in [0.5, 0.6) is 5.75 Å². The zero-order valence-corrected chi connectivity index (χ0v) is 14.9. The van der Waals surface area contributed by atoms with Crippen molar-refractivity contribution in [1.29, 1.82) is 0 Å². The number of hydrogen-bond acceptors (Lipinski definition) is 3. The molecule has 0 amide bonds. The second-order valence-electron chi connectivity index (χ2n) is 7.03. The maximum absolute atomic E-state index is 12.2. The average Bonchev–Trinajstić information content (AvgIpc) is 2.62. The molecule has 0 N–H and O–H groups in total. The van der Waals surface area contributed by atoms with E-state index in [0.717, 1.165) is 56.5 Å². The van der Waals surface area contributed by atoms with Crippen molar-refractivity contribution in [2.24, 2.45) is 11.8 Å². The highest BCUT2D eigenvalue weighted by Gasteiger charge is 2.32. The van der Waals surface area contributed by atoms with E-state index in [0.29, 0.717) is 11.8 Å². The Morgan fingerprint density at radius 3 is 2.35 bits per heavy atom. The van der Waals surface area contributed by atoms with Crippen molar-refractivity contribution in [1.82, 2.24) is 0 Å². The molecule has 1 aromatic rings. The molecule has 26 heavy (non-hydrogen) atoms. The minimum Gasteiger partial charge on any atom is -0.406 e. The molecule has 3 rings (SSSR count). The van der Waals surface area contributed by atoms with E-state index in [1.807, 2.05) is 0 Å². The molecule has 144 valence electrons. The molecule has 1 aromatic carbocycles. The van der Waals surface area contributed by atoms with E-state index in [-0.39, 0.29) is 12.0 Å². The summed E-state index contributed by atoms with van der Waals surface area (Å²) in [5, 5.41) is 0. The van der Waals surface area contributed by atoms with Crippen LogP contribution in [0.3, 0.4) is 0 Å². The summed E-state index contributed by atoms with van der Waals surface area (Å²) >= 11 is 0. The molecule has 0 saturated carbocycles. The highest BCUT2D eigenvalue weighted by Crippen LogP contribution is 2.35. The summed E-state index contributed by atoms with van der Waals surface area (Å²) < 4.78 is 52.4. The molecule has 1 heterocycles. The predicted octanol–water partition coefficient (Wildman–Crippen LogP) is 5.56. The first-order chi connectivity index (χ1) is 12.4. The fourth-order valence-corrected chi connectivity index (χ4v) is 3.64. The van der Waals surface area contributed by atoms with Crippen LogP contribution >= 0.6 is 0 Å². The van der Waals surface area contributed by atoms with Gasteiger partial charge in [0.25, 0.3) is 0 Å². The molecule has 1 fully saturated rings. The van der Waals surface area contributed by atoms with E-state index in [1.165, 1.54) is 12.1 Å². The largest absolute Gasteiger partial charge is 0.573 e. The van der Waals surface area contributed by atoms with Gasteiger partial charge in [0.05, 0.1) is 13.2 Å². The lowest BCUT2D eigenvalue weighted by molar-refractivity contribution is -0.274. The minimum atomic E-state index is -4.66. The van der Waals surface area contributed by atoms with Gasteiger partial charge in [-0.1, -0.05) is 31.6 Å². The molecule has 1 saturated heterocycles. The van der Waals surface area contributed by atoms with Gasteiger partial charge in [-0.05, 0) is 49.0 Å². The lowest BCUT2D eigenvalue weighted by Crippen LogP contribution is -2.37. The van der Waals surface area contributed by atoms with Crippen molar-refractivity contribution in [3.63, 3.8) is 0 Å². The number of allylic oxidation sites excluding steroid dienone is 2. The SMILES string of the molecule is CCCC1COC(C2CC=C(c3ccc(OC(F)(F)F)cc3)CC2)OC1. The first-order valence-corrected chi connectivity index (χ1v) is 9.23. The van der Waals surface area contributed by atoms with Crippen molar-refractivity contribution in [2.75, 3.05) is 13.2 Å². The lowest BCUT2D eigenvalue weighted by atomic mass is 9.86. The molecule has 3 nitrogen and oxygen atoms in total. The molecule has 0 radical (unpaired) electrons. The summed E-state index contributed by atoms with van der Waals surface area (Å²) in [6, 6.07) is 6.07. The summed E-state index contributed by atoms with van der Waals surface area (Å²) in [4.78, 5) is 0. The van der Waals surface area contributed by atoms with Gasteiger partial charge in [0.2, 0.25) is 0 Å². The molecule has 1 aliphatic heterocycles. The summed E-state index contributed by atoms with van der Waals surface area (Å²) in [5.41, 5.74) is 2.09. The second-order valence-corrected chi connectivity index (χ2v) is 7.03. The first kappa shape index (κ1) is 19.2. The lowest BCUT2D eigenvalue weighted by Gasteiger charge is -2.35. The van der Waals surface area contributed by atoms with Crippen LogP contribution in [0.2, 0.25) is 0 Å². The Bertz CT molecular complexity index is 602. The van der Waals surface area contributed by atoms with E-state index in [2.05, 4.69) is 17.7 Å². The van der Waals surface area contributed by atoms with Gasteiger partial charge in [-0.3, -0.25) is 0 Å². The third-order valence-electron chi connectivity index (χ3n) is 4.98. The summed E-state index contributed by atoms with van der Waals surface area (Å²) in [6.45, 7) is 3.71. The molecule has 2 aliphatic rings. The fourth-order valence-electron chi connectivity index (χ4n) is 3.64. The molecular formula is C20H25F3O3. The Hall–Kier alpha value is -1.53. The number of benzene rings is 1. The Labute approximate surface area is 152 Å². The van der Waals surface area contributed by atoms with E-state index in [4.69, 9.17) is 9.47 Å². The number of ether oxygens (including phenoxy) is 3. The Balaban J connectivity index is 1.53. The fraction of sp³-hybridized carbons (Fsp3) is 0.600. The van der Waals surface area contributed by atoms with Crippen LogP contribution in [0.4, 0.5) is 13.2 Å². The van der Waals surface area contributed by atoms with Crippen LogP contribution in [0.25, 0.3) is 5.57 Å². The van der Waals surface area contributed by atoms with Crippen molar-refractivity contribution >= 4 is 5.57 Å². The van der Waals surface area contributed by atoms with Gasteiger partial charge in [0, 0.05) is 11.8 Å². The maximum Gasteiger partial charge on any atom is 0.573 e. The molecular weight excluding hydrogens is 345 g/mol. The number of halogens is 3. The van der Waals surface area contributed by atoms with Crippen LogP contribution < -0.4 is 4.74 Å². The molecule has 6 heteroatoms. The van der Waals surface area contributed by atoms with Gasteiger partial charge in [-0.2, -0.15) is 0 Å². The van der Waals surface area contributed by atoms with Crippen molar-refractivity contribution in [3.05, 3.63) is 35.9 Å². The normalized spacial score (nSPS) is 27.1. The van der Waals surface area contributed by atoms with Gasteiger partial charge < -0.3 is 14.2 Å². The van der Waals surface area contributed by atoms with E-state index in [1.54, 1.807) is 12.1 Å². The van der Waals surface area contributed by atoms with Crippen LogP contribution in [0.1, 0.15) is 44.6 Å². The topological polar surface area (TPSA) is 27.7 Å². The number of alkyl halides is 3. The van der Waals surface area contributed by atoms with Gasteiger partial charge in [0.1, 0.15) is 5.75 Å². The average molecular weight is 370 g/mol. The summed E-state index contributed by atoms with van der Waals surface area (Å²) in [7, 11) is 0. The van der Waals surface area contributed by atoms with E-state index >= 15 is 0 Å².